The maximum atomic E-state index is 12.2. The van der Waals surface area contributed by atoms with Crippen LogP contribution in [0.3, 0.4) is 0 Å². The highest BCUT2D eigenvalue weighted by molar-refractivity contribution is 7.22. The van der Waals surface area contributed by atoms with Gasteiger partial charge in [0.15, 0.2) is 5.13 Å². The lowest BCUT2D eigenvalue weighted by Crippen LogP contribution is -2.36. The quantitative estimate of drug-likeness (QED) is 0.676. The van der Waals surface area contributed by atoms with Gasteiger partial charge < -0.3 is 20.3 Å². The zero-order chi connectivity index (χ0) is 20.2. The van der Waals surface area contributed by atoms with Crippen molar-refractivity contribution in [1.82, 2.24) is 10.3 Å². The van der Waals surface area contributed by atoms with Gasteiger partial charge in [0, 0.05) is 24.3 Å². The second kappa shape index (κ2) is 8.59. The van der Waals surface area contributed by atoms with Crippen LogP contribution in [0.2, 0.25) is 0 Å². The normalized spacial score (nSPS) is 14.0. The van der Waals surface area contributed by atoms with Crippen LogP contribution in [0.4, 0.5) is 10.8 Å². The molecule has 1 fully saturated rings. The van der Waals surface area contributed by atoms with E-state index in [2.05, 4.69) is 20.5 Å². The Kier molecular flexibility index (Phi) is 5.73. The maximum Gasteiger partial charge on any atom is 0.251 e. The van der Waals surface area contributed by atoms with Gasteiger partial charge in [-0.2, -0.15) is 0 Å². The summed E-state index contributed by atoms with van der Waals surface area (Å²) >= 11 is 1.60. The number of thiazole rings is 1. The summed E-state index contributed by atoms with van der Waals surface area (Å²) in [4.78, 5) is 31.3. The third-order valence-corrected chi connectivity index (χ3v) is 5.74. The Morgan fingerprint density at radius 1 is 1.14 bits per heavy atom. The molecule has 2 aromatic carbocycles. The number of fused-ring (bicyclic) bond motifs is 1. The number of nitrogens with one attached hydrogen (secondary N) is 2. The number of nitrogens with zero attached hydrogens (tertiary/aromatic N) is 2. The first-order chi connectivity index (χ1) is 14.1. The number of carbonyl (C=O) groups is 2. The maximum absolute atomic E-state index is 12.2. The summed E-state index contributed by atoms with van der Waals surface area (Å²) in [6, 6.07) is 12.9. The van der Waals surface area contributed by atoms with Crippen molar-refractivity contribution in [2.45, 2.75) is 6.92 Å². The molecule has 0 saturated carbocycles. The molecule has 29 heavy (non-hydrogen) atoms. The highest BCUT2D eigenvalue weighted by atomic mass is 32.1. The largest absolute Gasteiger partial charge is 0.378 e. The SMILES string of the molecule is Cc1ccc(C(=O)NCC(=O)Nc2ccc3nc(N4CCOCC4)sc3c2)cc1. The molecule has 4 rings (SSSR count). The van der Waals surface area contributed by atoms with Gasteiger partial charge in [-0.25, -0.2) is 4.98 Å². The number of amides is 2. The van der Waals surface area contributed by atoms with Crippen LogP contribution >= 0.6 is 11.3 Å². The predicted molar refractivity (Wildman–Crippen MR) is 115 cm³/mol. The van der Waals surface area contributed by atoms with E-state index in [4.69, 9.17) is 4.74 Å². The van der Waals surface area contributed by atoms with Crippen LogP contribution in [0.5, 0.6) is 0 Å². The van der Waals surface area contributed by atoms with Crippen molar-refractivity contribution in [2.24, 2.45) is 0 Å². The van der Waals surface area contributed by atoms with E-state index in [1.165, 1.54) is 0 Å². The van der Waals surface area contributed by atoms with Crippen molar-refractivity contribution in [2.75, 3.05) is 43.1 Å². The van der Waals surface area contributed by atoms with E-state index in [0.29, 0.717) is 24.5 Å². The molecule has 0 radical (unpaired) electrons. The average Bonchev–Trinajstić information content (AvgIpc) is 3.17. The first-order valence-corrected chi connectivity index (χ1v) is 10.3. The van der Waals surface area contributed by atoms with Gasteiger partial charge in [0.2, 0.25) is 5.91 Å². The molecule has 2 heterocycles. The Hall–Kier alpha value is -2.97. The van der Waals surface area contributed by atoms with Gasteiger partial charge in [-0.15, -0.1) is 0 Å². The molecule has 3 aromatic rings. The molecule has 7 nitrogen and oxygen atoms in total. The van der Waals surface area contributed by atoms with Gasteiger partial charge in [-0.3, -0.25) is 9.59 Å². The Balaban J connectivity index is 1.36. The Labute approximate surface area is 172 Å². The summed E-state index contributed by atoms with van der Waals surface area (Å²) in [5, 5.41) is 6.44. The van der Waals surface area contributed by atoms with Crippen molar-refractivity contribution in [3.05, 3.63) is 53.6 Å². The Morgan fingerprint density at radius 2 is 1.90 bits per heavy atom. The smallest absolute Gasteiger partial charge is 0.251 e. The second-order valence-electron chi connectivity index (χ2n) is 6.88. The van der Waals surface area contributed by atoms with E-state index in [0.717, 1.165) is 34.0 Å². The summed E-state index contributed by atoms with van der Waals surface area (Å²) in [7, 11) is 0. The molecule has 2 amide bonds. The molecule has 1 saturated heterocycles. The highest BCUT2D eigenvalue weighted by Crippen LogP contribution is 2.31. The number of ether oxygens (including phenoxy) is 1. The van der Waals surface area contributed by atoms with Crippen LogP contribution in [-0.4, -0.2) is 49.6 Å². The summed E-state index contributed by atoms with van der Waals surface area (Å²) in [6.45, 7) is 4.97. The molecule has 0 unspecified atom stereocenters. The Bertz CT molecular complexity index is 1030. The minimum absolute atomic E-state index is 0.0908. The highest BCUT2D eigenvalue weighted by Gasteiger charge is 2.16. The molecule has 0 aliphatic carbocycles. The molecule has 1 aliphatic heterocycles. The number of rotatable bonds is 5. The number of morpholine rings is 1. The molecule has 150 valence electrons. The van der Waals surface area contributed by atoms with E-state index in [1.807, 2.05) is 37.3 Å². The standard InChI is InChI=1S/C21H22N4O3S/c1-14-2-4-15(5-3-14)20(27)22-13-19(26)23-16-6-7-17-18(12-16)29-21(24-17)25-8-10-28-11-9-25/h2-7,12H,8-11,13H2,1H3,(H,22,27)(H,23,26). The topological polar surface area (TPSA) is 83.6 Å². The third-order valence-electron chi connectivity index (χ3n) is 4.67. The van der Waals surface area contributed by atoms with E-state index in [1.54, 1.807) is 23.5 Å². The lowest BCUT2D eigenvalue weighted by atomic mass is 10.1. The minimum atomic E-state index is -0.275. The van der Waals surface area contributed by atoms with E-state index in [9.17, 15) is 9.59 Å². The first-order valence-electron chi connectivity index (χ1n) is 9.46. The van der Waals surface area contributed by atoms with Crippen LogP contribution in [0.15, 0.2) is 42.5 Å². The zero-order valence-corrected chi connectivity index (χ0v) is 16.9. The van der Waals surface area contributed by atoms with E-state index < -0.39 is 0 Å². The average molecular weight is 410 g/mol. The van der Waals surface area contributed by atoms with Gasteiger partial charge in [0.25, 0.3) is 5.91 Å². The fourth-order valence-corrected chi connectivity index (χ4v) is 4.11. The summed E-state index contributed by atoms with van der Waals surface area (Å²) < 4.78 is 6.40. The van der Waals surface area contributed by atoms with Gasteiger partial charge in [0.05, 0.1) is 30.0 Å². The number of aromatic nitrogens is 1. The molecule has 1 aliphatic rings. The van der Waals surface area contributed by atoms with Crippen LogP contribution < -0.4 is 15.5 Å². The summed E-state index contributed by atoms with van der Waals surface area (Å²) in [5.74, 6) is -0.545. The Morgan fingerprint density at radius 3 is 2.66 bits per heavy atom. The van der Waals surface area contributed by atoms with E-state index in [-0.39, 0.29) is 18.4 Å². The number of aryl methyl sites for hydroxylation is 1. The van der Waals surface area contributed by atoms with E-state index >= 15 is 0 Å². The number of anilines is 2. The molecular weight excluding hydrogens is 388 g/mol. The van der Waals surface area contributed by atoms with Gasteiger partial charge >= 0.3 is 0 Å². The summed E-state index contributed by atoms with van der Waals surface area (Å²) in [6.07, 6.45) is 0. The van der Waals surface area contributed by atoms with Crippen molar-refractivity contribution in [3.63, 3.8) is 0 Å². The van der Waals surface area contributed by atoms with Gasteiger partial charge in [-0.1, -0.05) is 29.0 Å². The number of hydrogen-bond donors (Lipinski definition) is 2. The minimum Gasteiger partial charge on any atom is -0.378 e. The summed E-state index contributed by atoms with van der Waals surface area (Å²) in [5.41, 5.74) is 3.20. The van der Waals surface area contributed by atoms with Gasteiger partial charge in [0.1, 0.15) is 0 Å². The monoisotopic (exact) mass is 410 g/mol. The lowest BCUT2D eigenvalue weighted by molar-refractivity contribution is -0.115. The third kappa shape index (κ3) is 4.72. The van der Waals surface area contributed by atoms with Crippen LogP contribution in [0.1, 0.15) is 15.9 Å². The van der Waals surface area contributed by atoms with Crippen molar-refractivity contribution >= 4 is 44.2 Å². The first kappa shape index (κ1) is 19.4. The zero-order valence-electron chi connectivity index (χ0n) is 16.1. The fourth-order valence-electron chi connectivity index (χ4n) is 3.05. The number of hydrogen-bond acceptors (Lipinski definition) is 6. The molecule has 0 bridgehead atoms. The molecule has 1 aromatic heterocycles. The molecule has 8 heteroatoms. The van der Waals surface area contributed by atoms with Crippen LogP contribution in [0.25, 0.3) is 10.2 Å². The lowest BCUT2D eigenvalue weighted by Gasteiger charge is -2.25. The van der Waals surface area contributed by atoms with Crippen molar-refractivity contribution < 1.29 is 14.3 Å². The molecule has 0 atom stereocenters. The number of benzene rings is 2. The number of carbonyl (C=O) groups excluding carboxylic acids is 2. The molecule has 0 spiro atoms. The van der Waals surface area contributed by atoms with Crippen LogP contribution in [-0.2, 0) is 9.53 Å². The van der Waals surface area contributed by atoms with Crippen molar-refractivity contribution in [3.8, 4) is 0 Å². The van der Waals surface area contributed by atoms with Crippen molar-refractivity contribution in [1.29, 1.82) is 0 Å². The molecule has 2 N–H and O–H groups in total. The van der Waals surface area contributed by atoms with Gasteiger partial charge in [-0.05, 0) is 37.3 Å². The molecular formula is C21H22N4O3S. The fraction of sp³-hybridized carbons (Fsp3) is 0.286. The van der Waals surface area contributed by atoms with Crippen LogP contribution in [0, 0.1) is 6.92 Å². The second-order valence-corrected chi connectivity index (χ2v) is 7.88. The predicted octanol–water partition coefficient (Wildman–Crippen LogP) is 2.81.